The lowest BCUT2D eigenvalue weighted by molar-refractivity contribution is -0.126. The highest BCUT2D eigenvalue weighted by atomic mass is 16.3. The number of nitrogens with one attached hydrogen (secondary N) is 1. The van der Waals surface area contributed by atoms with Gasteiger partial charge >= 0.3 is 0 Å². The van der Waals surface area contributed by atoms with Crippen LogP contribution in [0, 0.1) is 5.92 Å². The van der Waals surface area contributed by atoms with Crippen LogP contribution in [0.1, 0.15) is 27.2 Å². The molecule has 88 valence electrons. The zero-order valence-corrected chi connectivity index (χ0v) is 9.43. The van der Waals surface area contributed by atoms with E-state index in [1.165, 1.54) is 6.92 Å². The van der Waals surface area contributed by atoms with Crippen molar-refractivity contribution in [2.24, 2.45) is 11.7 Å². The molecule has 15 heavy (non-hydrogen) atoms. The van der Waals surface area contributed by atoms with Gasteiger partial charge in [-0.3, -0.25) is 4.79 Å². The molecule has 0 aromatic rings. The Balaban J connectivity index is 4.16. The van der Waals surface area contributed by atoms with E-state index in [9.17, 15) is 9.59 Å². The van der Waals surface area contributed by atoms with E-state index in [2.05, 4.69) is 5.32 Å². The minimum atomic E-state index is -0.905. The molecule has 0 aromatic carbocycles. The fourth-order valence-electron chi connectivity index (χ4n) is 1.15. The van der Waals surface area contributed by atoms with Gasteiger partial charge in [0.1, 0.15) is 12.3 Å². The van der Waals surface area contributed by atoms with Crippen molar-refractivity contribution in [3.63, 3.8) is 0 Å². The number of aliphatic hydroxyl groups is 1. The molecular weight excluding hydrogens is 196 g/mol. The largest absolute Gasteiger partial charge is 0.391 e. The predicted molar refractivity (Wildman–Crippen MR) is 57.1 cm³/mol. The predicted octanol–water partition coefficient (Wildman–Crippen LogP) is -0.576. The van der Waals surface area contributed by atoms with Crippen LogP contribution in [0.4, 0.5) is 0 Å². The summed E-state index contributed by atoms with van der Waals surface area (Å²) in [5.41, 5.74) is 5.61. The molecule has 5 heteroatoms. The van der Waals surface area contributed by atoms with E-state index in [4.69, 9.17) is 10.8 Å². The first-order chi connectivity index (χ1) is 6.88. The Hall–Kier alpha value is -0.940. The number of amides is 1. The average molecular weight is 216 g/mol. The molecule has 0 aliphatic carbocycles. The number of hydrogen-bond acceptors (Lipinski definition) is 4. The lowest BCUT2D eigenvalue weighted by Crippen LogP contribution is -2.50. The molecule has 0 aliphatic rings. The van der Waals surface area contributed by atoms with Crippen LogP contribution in [0.2, 0.25) is 0 Å². The van der Waals surface area contributed by atoms with Crippen LogP contribution >= 0.6 is 0 Å². The number of rotatable bonds is 6. The summed E-state index contributed by atoms with van der Waals surface area (Å²) in [6.45, 7) is 5.35. The lowest BCUT2D eigenvalue weighted by Gasteiger charge is -2.19. The molecule has 4 N–H and O–H groups in total. The fourth-order valence-corrected chi connectivity index (χ4v) is 1.15. The first kappa shape index (κ1) is 14.1. The third-order valence-corrected chi connectivity index (χ3v) is 2.04. The number of aldehydes is 1. The molecule has 0 rings (SSSR count). The smallest absolute Gasteiger partial charge is 0.237 e. The zero-order valence-electron chi connectivity index (χ0n) is 9.43. The standard InChI is InChI=1S/C10H20N2O3/c1-6(2)4-8(11)10(15)12-9(5-13)7(3)14/h5-9,14H,4,11H2,1-3H3,(H,12,15)/t7-,8+,9-/m1/s1. The molecule has 0 radical (unpaired) electrons. The second-order valence-corrected chi connectivity index (χ2v) is 4.15. The second kappa shape index (κ2) is 6.53. The van der Waals surface area contributed by atoms with E-state index in [0.29, 0.717) is 18.6 Å². The van der Waals surface area contributed by atoms with Gasteiger partial charge in [0.25, 0.3) is 0 Å². The van der Waals surface area contributed by atoms with Crippen molar-refractivity contribution in [2.75, 3.05) is 0 Å². The maximum Gasteiger partial charge on any atom is 0.237 e. The molecule has 3 atom stereocenters. The van der Waals surface area contributed by atoms with Crippen LogP contribution in [-0.2, 0) is 9.59 Å². The summed E-state index contributed by atoms with van der Waals surface area (Å²) in [7, 11) is 0. The van der Waals surface area contributed by atoms with Gasteiger partial charge in [0.2, 0.25) is 5.91 Å². The van der Waals surface area contributed by atoms with E-state index in [1.54, 1.807) is 0 Å². The molecule has 5 nitrogen and oxygen atoms in total. The molecule has 0 saturated heterocycles. The number of carbonyl (C=O) groups excluding carboxylic acids is 2. The molecule has 0 fully saturated rings. The van der Waals surface area contributed by atoms with Gasteiger partial charge in [-0.15, -0.1) is 0 Å². The number of hydrogen-bond donors (Lipinski definition) is 3. The maximum atomic E-state index is 11.4. The third-order valence-electron chi connectivity index (χ3n) is 2.04. The van der Waals surface area contributed by atoms with Crippen molar-refractivity contribution < 1.29 is 14.7 Å². The number of carbonyl (C=O) groups is 2. The van der Waals surface area contributed by atoms with E-state index in [-0.39, 0.29) is 0 Å². The fraction of sp³-hybridized carbons (Fsp3) is 0.800. The normalized spacial score (nSPS) is 16.9. The summed E-state index contributed by atoms with van der Waals surface area (Å²) >= 11 is 0. The highest BCUT2D eigenvalue weighted by molar-refractivity contribution is 5.84. The molecule has 0 spiro atoms. The highest BCUT2D eigenvalue weighted by Crippen LogP contribution is 2.03. The van der Waals surface area contributed by atoms with Gasteiger partial charge in [0.15, 0.2) is 0 Å². The van der Waals surface area contributed by atoms with Crippen LogP contribution < -0.4 is 11.1 Å². The molecule has 0 heterocycles. The Morgan fingerprint density at radius 1 is 1.47 bits per heavy atom. The summed E-state index contributed by atoms with van der Waals surface area (Å²) in [6.07, 6.45) is 0.153. The van der Waals surface area contributed by atoms with Gasteiger partial charge in [-0.05, 0) is 19.3 Å². The van der Waals surface area contributed by atoms with Crippen LogP contribution in [0.5, 0.6) is 0 Å². The Morgan fingerprint density at radius 3 is 2.33 bits per heavy atom. The first-order valence-corrected chi connectivity index (χ1v) is 5.07. The van der Waals surface area contributed by atoms with Crippen molar-refractivity contribution in [1.29, 1.82) is 0 Å². The lowest BCUT2D eigenvalue weighted by atomic mass is 10.0. The van der Waals surface area contributed by atoms with Gasteiger partial charge in [0, 0.05) is 0 Å². The molecular formula is C10H20N2O3. The van der Waals surface area contributed by atoms with Crippen LogP contribution in [-0.4, -0.2) is 35.5 Å². The molecule has 0 bridgehead atoms. The van der Waals surface area contributed by atoms with Gasteiger partial charge in [-0.1, -0.05) is 13.8 Å². The van der Waals surface area contributed by atoms with Crippen LogP contribution in [0.3, 0.4) is 0 Å². The van der Waals surface area contributed by atoms with Crippen molar-refractivity contribution in [3.05, 3.63) is 0 Å². The zero-order chi connectivity index (χ0) is 12.0. The highest BCUT2D eigenvalue weighted by Gasteiger charge is 2.21. The van der Waals surface area contributed by atoms with Crippen molar-refractivity contribution in [2.45, 2.75) is 45.4 Å². The quantitative estimate of drug-likeness (QED) is 0.518. The van der Waals surface area contributed by atoms with Gasteiger partial charge in [-0.25, -0.2) is 0 Å². The Morgan fingerprint density at radius 2 is 2.00 bits per heavy atom. The molecule has 0 aliphatic heterocycles. The Bertz CT molecular complexity index is 217. The van der Waals surface area contributed by atoms with Gasteiger partial charge in [-0.2, -0.15) is 0 Å². The van der Waals surface area contributed by atoms with E-state index in [0.717, 1.165) is 0 Å². The Kier molecular flexibility index (Phi) is 6.12. The summed E-state index contributed by atoms with van der Waals surface area (Å²) < 4.78 is 0. The van der Waals surface area contributed by atoms with E-state index in [1.807, 2.05) is 13.8 Å². The van der Waals surface area contributed by atoms with Crippen molar-refractivity contribution in [3.8, 4) is 0 Å². The molecule has 1 amide bonds. The van der Waals surface area contributed by atoms with E-state index < -0.39 is 24.1 Å². The van der Waals surface area contributed by atoms with Gasteiger partial charge in [0.05, 0.1) is 12.1 Å². The van der Waals surface area contributed by atoms with Crippen molar-refractivity contribution >= 4 is 12.2 Å². The molecule has 0 unspecified atom stereocenters. The summed E-state index contributed by atoms with van der Waals surface area (Å²) in [4.78, 5) is 22.0. The average Bonchev–Trinajstić information content (AvgIpc) is 2.11. The minimum absolute atomic E-state index is 0.312. The summed E-state index contributed by atoms with van der Waals surface area (Å²) in [5.74, 6) is -0.0892. The SMILES string of the molecule is CC(C)C[C@H](N)C(=O)N[C@H](C=O)[C@@H](C)O. The van der Waals surface area contributed by atoms with Crippen LogP contribution in [0.25, 0.3) is 0 Å². The number of aliphatic hydroxyl groups excluding tert-OH is 1. The Labute approximate surface area is 90.0 Å². The number of nitrogens with two attached hydrogens (primary N) is 1. The van der Waals surface area contributed by atoms with Gasteiger partial charge < -0.3 is 21.0 Å². The third kappa shape index (κ3) is 5.49. The molecule has 0 aromatic heterocycles. The minimum Gasteiger partial charge on any atom is -0.391 e. The summed E-state index contributed by atoms with van der Waals surface area (Å²) in [6, 6.07) is -1.51. The van der Waals surface area contributed by atoms with Crippen LogP contribution in [0.15, 0.2) is 0 Å². The summed E-state index contributed by atoms with van der Waals surface area (Å²) in [5, 5.41) is 11.5. The second-order valence-electron chi connectivity index (χ2n) is 4.15. The van der Waals surface area contributed by atoms with Crippen molar-refractivity contribution in [1.82, 2.24) is 5.32 Å². The maximum absolute atomic E-state index is 11.4. The monoisotopic (exact) mass is 216 g/mol. The first-order valence-electron chi connectivity index (χ1n) is 5.07. The topological polar surface area (TPSA) is 92.4 Å². The van der Waals surface area contributed by atoms with E-state index >= 15 is 0 Å². The molecule has 0 saturated carbocycles.